The lowest BCUT2D eigenvalue weighted by Gasteiger charge is -2.30. The van der Waals surface area contributed by atoms with Gasteiger partial charge in [0, 0.05) is 41.7 Å². The molecule has 0 atom stereocenters. The minimum absolute atomic E-state index is 0.0337. The molecule has 0 aliphatic carbocycles. The molecule has 154 valence electrons. The zero-order chi connectivity index (χ0) is 21.1. The molecule has 1 aliphatic rings. The summed E-state index contributed by atoms with van der Waals surface area (Å²) in [6.45, 7) is 2.76. The molecule has 1 aromatic heterocycles. The Morgan fingerprint density at radius 1 is 1.10 bits per heavy atom. The average Bonchev–Trinajstić information content (AvgIpc) is 3.24. The first-order valence-electron chi connectivity index (χ1n) is 9.76. The minimum atomic E-state index is -0.117. The Hall–Kier alpha value is -3.00. The molecule has 0 unspecified atom stereocenters. The third-order valence-corrected chi connectivity index (χ3v) is 5.83. The fourth-order valence-corrected chi connectivity index (χ4v) is 4.01. The van der Waals surface area contributed by atoms with E-state index in [9.17, 15) is 9.59 Å². The number of hydrogen-bond acceptors (Lipinski definition) is 5. The number of hydrogen-bond donors (Lipinski definition) is 1. The van der Waals surface area contributed by atoms with Crippen molar-refractivity contribution in [3.05, 3.63) is 64.5 Å². The van der Waals surface area contributed by atoms with Crippen LogP contribution in [0.4, 0.5) is 5.69 Å². The number of piperidine rings is 1. The average molecular weight is 469 g/mol. The topological polar surface area (TPSA) is 88.3 Å². The number of halogens is 1. The summed E-state index contributed by atoms with van der Waals surface area (Å²) in [5, 5.41) is 6.84. The van der Waals surface area contributed by atoms with E-state index < -0.39 is 0 Å². The summed E-state index contributed by atoms with van der Waals surface area (Å²) >= 11 is 3.45. The fraction of sp³-hybridized carbons (Fsp3) is 0.273. The van der Waals surface area contributed by atoms with Gasteiger partial charge in [-0.1, -0.05) is 17.3 Å². The van der Waals surface area contributed by atoms with Gasteiger partial charge in [-0.05, 0) is 65.2 Å². The Labute approximate surface area is 182 Å². The summed E-state index contributed by atoms with van der Waals surface area (Å²) < 4.78 is 6.32. The van der Waals surface area contributed by atoms with Crippen molar-refractivity contribution in [3.8, 4) is 11.4 Å². The van der Waals surface area contributed by atoms with Crippen LogP contribution in [-0.4, -0.2) is 39.9 Å². The maximum atomic E-state index is 12.8. The third kappa shape index (κ3) is 4.43. The number of nitrogens with one attached hydrogen (secondary N) is 1. The van der Waals surface area contributed by atoms with Crippen LogP contribution in [0.2, 0.25) is 0 Å². The molecule has 0 bridgehead atoms. The van der Waals surface area contributed by atoms with Crippen LogP contribution >= 0.6 is 15.9 Å². The lowest BCUT2D eigenvalue weighted by atomic mass is 9.96. The van der Waals surface area contributed by atoms with E-state index in [0.717, 1.165) is 28.6 Å². The van der Waals surface area contributed by atoms with E-state index in [-0.39, 0.29) is 17.7 Å². The van der Waals surface area contributed by atoms with Gasteiger partial charge in [0.05, 0.1) is 5.56 Å². The van der Waals surface area contributed by atoms with Crippen molar-refractivity contribution in [2.75, 3.05) is 18.4 Å². The van der Waals surface area contributed by atoms with Crippen molar-refractivity contribution in [1.29, 1.82) is 0 Å². The molecule has 8 heteroatoms. The molecule has 30 heavy (non-hydrogen) atoms. The molecule has 2 aromatic carbocycles. The smallest absolute Gasteiger partial charge is 0.254 e. The first-order chi connectivity index (χ1) is 14.5. The number of carbonyl (C=O) groups excluding carboxylic acids is 2. The lowest BCUT2D eigenvalue weighted by molar-refractivity contribution is -0.114. The van der Waals surface area contributed by atoms with Crippen molar-refractivity contribution < 1.29 is 14.1 Å². The molecule has 4 rings (SSSR count). The van der Waals surface area contributed by atoms with Gasteiger partial charge in [-0.3, -0.25) is 9.59 Å². The van der Waals surface area contributed by atoms with Crippen molar-refractivity contribution in [2.24, 2.45) is 0 Å². The van der Waals surface area contributed by atoms with Crippen LogP contribution in [0.15, 0.2) is 57.5 Å². The van der Waals surface area contributed by atoms with Gasteiger partial charge in [-0.25, -0.2) is 0 Å². The van der Waals surface area contributed by atoms with E-state index >= 15 is 0 Å². The van der Waals surface area contributed by atoms with Crippen LogP contribution in [0.5, 0.6) is 0 Å². The Bertz CT molecular complexity index is 1060. The van der Waals surface area contributed by atoms with E-state index in [1.165, 1.54) is 6.92 Å². The number of anilines is 1. The highest BCUT2D eigenvalue weighted by Crippen LogP contribution is 2.30. The molecule has 1 saturated heterocycles. The number of likely N-dealkylation sites (tertiary alicyclic amines) is 1. The van der Waals surface area contributed by atoms with Crippen LogP contribution < -0.4 is 5.32 Å². The Kier molecular flexibility index (Phi) is 5.94. The molecule has 7 nitrogen and oxygen atoms in total. The number of aromatic nitrogens is 2. The lowest BCUT2D eigenvalue weighted by Crippen LogP contribution is -2.38. The van der Waals surface area contributed by atoms with Crippen molar-refractivity contribution in [2.45, 2.75) is 25.7 Å². The Morgan fingerprint density at radius 2 is 1.80 bits per heavy atom. The molecule has 2 amide bonds. The Balaban J connectivity index is 1.39. The van der Waals surface area contributed by atoms with E-state index in [2.05, 4.69) is 31.4 Å². The van der Waals surface area contributed by atoms with Gasteiger partial charge in [0.25, 0.3) is 5.91 Å². The van der Waals surface area contributed by atoms with Crippen LogP contribution in [0.25, 0.3) is 11.4 Å². The predicted octanol–water partition coefficient (Wildman–Crippen LogP) is 4.48. The summed E-state index contributed by atoms with van der Waals surface area (Å²) in [6.07, 6.45) is 1.55. The van der Waals surface area contributed by atoms with E-state index in [4.69, 9.17) is 4.52 Å². The van der Waals surface area contributed by atoms with Gasteiger partial charge >= 0.3 is 0 Å². The second kappa shape index (κ2) is 8.79. The molecule has 1 aliphatic heterocycles. The highest BCUT2D eigenvalue weighted by molar-refractivity contribution is 9.10. The first-order valence-corrected chi connectivity index (χ1v) is 10.6. The molecule has 1 fully saturated rings. The maximum absolute atomic E-state index is 12.8. The maximum Gasteiger partial charge on any atom is 0.254 e. The highest BCUT2D eigenvalue weighted by Gasteiger charge is 2.28. The van der Waals surface area contributed by atoms with Crippen LogP contribution in [0.1, 0.15) is 41.9 Å². The SMILES string of the molecule is CC(=O)Nc1ccc(-c2noc(C3CCN(C(=O)c4ccccc4Br)CC3)n2)cc1. The van der Waals surface area contributed by atoms with Crippen LogP contribution in [0.3, 0.4) is 0 Å². The van der Waals surface area contributed by atoms with E-state index in [0.29, 0.717) is 30.4 Å². The molecule has 0 saturated carbocycles. The quantitative estimate of drug-likeness (QED) is 0.609. The van der Waals surface area contributed by atoms with Crippen molar-refractivity contribution in [3.63, 3.8) is 0 Å². The summed E-state index contributed by atoms with van der Waals surface area (Å²) in [7, 11) is 0. The highest BCUT2D eigenvalue weighted by atomic mass is 79.9. The molecular weight excluding hydrogens is 448 g/mol. The second-order valence-corrected chi connectivity index (χ2v) is 8.12. The Morgan fingerprint density at radius 3 is 2.47 bits per heavy atom. The van der Waals surface area contributed by atoms with Crippen molar-refractivity contribution in [1.82, 2.24) is 15.0 Å². The molecule has 3 aromatic rings. The molecule has 0 radical (unpaired) electrons. The van der Waals surface area contributed by atoms with Gasteiger partial charge in [0.1, 0.15) is 0 Å². The molecule has 2 heterocycles. The second-order valence-electron chi connectivity index (χ2n) is 7.26. The minimum Gasteiger partial charge on any atom is -0.339 e. The fourth-order valence-electron chi connectivity index (χ4n) is 3.56. The molecule has 1 N–H and O–H groups in total. The summed E-state index contributed by atoms with van der Waals surface area (Å²) in [5.41, 5.74) is 2.22. The van der Waals surface area contributed by atoms with Gasteiger partial charge in [0.15, 0.2) is 0 Å². The van der Waals surface area contributed by atoms with E-state index in [1.54, 1.807) is 12.1 Å². The van der Waals surface area contributed by atoms with Crippen molar-refractivity contribution >= 4 is 33.4 Å². The van der Waals surface area contributed by atoms with Gasteiger partial charge in [-0.2, -0.15) is 4.98 Å². The normalized spacial score (nSPS) is 14.5. The number of amides is 2. The number of benzene rings is 2. The van der Waals surface area contributed by atoms with Crippen LogP contribution in [0, 0.1) is 0 Å². The molecular formula is C22H21BrN4O3. The third-order valence-electron chi connectivity index (χ3n) is 5.14. The standard InChI is InChI=1S/C22H21BrN4O3/c1-14(28)24-17-8-6-15(7-9-17)20-25-21(30-26-20)16-10-12-27(13-11-16)22(29)18-4-2-3-5-19(18)23/h2-9,16H,10-13H2,1H3,(H,24,28). The van der Waals surface area contributed by atoms with Gasteiger partial charge in [0.2, 0.25) is 17.6 Å². The summed E-state index contributed by atoms with van der Waals surface area (Å²) in [4.78, 5) is 30.3. The first kappa shape index (κ1) is 20.3. The number of carbonyl (C=O) groups is 2. The number of nitrogens with zero attached hydrogens (tertiary/aromatic N) is 3. The summed E-state index contributed by atoms with van der Waals surface area (Å²) in [5.74, 6) is 1.17. The number of rotatable bonds is 4. The zero-order valence-corrected chi connectivity index (χ0v) is 18.1. The predicted molar refractivity (Wildman–Crippen MR) is 116 cm³/mol. The van der Waals surface area contributed by atoms with Gasteiger partial charge < -0.3 is 14.7 Å². The van der Waals surface area contributed by atoms with Gasteiger partial charge in [-0.15, -0.1) is 0 Å². The monoisotopic (exact) mass is 468 g/mol. The van der Waals surface area contributed by atoms with E-state index in [1.807, 2.05) is 41.3 Å². The summed E-state index contributed by atoms with van der Waals surface area (Å²) in [6, 6.07) is 14.8. The van der Waals surface area contributed by atoms with Crippen LogP contribution in [-0.2, 0) is 4.79 Å². The molecule has 0 spiro atoms. The largest absolute Gasteiger partial charge is 0.339 e. The zero-order valence-electron chi connectivity index (χ0n) is 16.5.